The molecule has 0 spiro atoms. The van der Waals surface area contributed by atoms with Gasteiger partial charge < -0.3 is 15.5 Å². The highest BCUT2D eigenvalue weighted by Crippen LogP contribution is 2.38. The van der Waals surface area contributed by atoms with Crippen LogP contribution in [0.3, 0.4) is 0 Å². The number of hydrogen-bond donors (Lipinski definition) is 2. The van der Waals surface area contributed by atoms with E-state index in [9.17, 15) is 4.79 Å². The van der Waals surface area contributed by atoms with Crippen molar-refractivity contribution in [3.8, 4) is 0 Å². The standard InChI is InChI=1S/C15H25N5OS.HI/c1-16-14(18-10-12-17-8-9-22-12)19-11-15(6-4-5-7-15)13(21)20(2)3;/h8-9H,4-7,10-11H2,1-3H3,(H2,16,18,19);1H. The Bertz CT molecular complexity index is 512. The van der Waals surface area contributed by atoms with Gasteiger partial charge in [0.15, 0.2) is 5.96 Å². The maximum atomic E-state index is 12.5. The largest absolute Gasteiger partial charge is 0.355 e. The number of carbonyl (C=O) groups excluding carboxylic acids is 1. The van der Waals surface area contributed by atoms with Gasteiger partial charge in [-0.1, -0.05) is 12.8 Å². The van der Waals surface area contributed by atoms with Crippen LogP contribution in [0.4, 0.5) is 0 Å². The molecule has 1 saturated carbocycles. The van der Waals surface area contributed by atoms with Crippen molar-refractivity contribution in [2.75, 3.05) is 27.7 Å². The van der Waals surface area contributed by atoms with E-state index in [1.807, 2.05) is 19.5 Å². The molecule has 1 aromatic heterocycles. The van der Waals surface area contributed by atoms with Crippen molar-refractivity contribution in [1.82, 2.24) is 20.5 Å². The first-order chi connectivity index (χ1) is 10.6. The summed E-state index contributed by atoms with van der Waals surface area (Å²) >= 11 is 1.61. The molecule has 1 amide bonds. The van der Waals surface area contributed by atoms with Gasteiger partial charge in [0, 0.05) is 39.3 Å². The number of carbonyl (C=O) groups is 1. The molecule has 1 fully saturated rings. The molecule has 0 aromatic carbocycles. The molecule has 130 valence electrons. The van der Waals surface area contributed by atoms with Crippen LogP contribution in [0.15, 0.2) is 16.6 Å². The molecule has 6 nitrogen and oxygen atoms in total. The van der Waals surface area contributed by atoms with Crippen LogP contribution < -0.4 is 10.6 Å². The molecule has 8 heteroatoms. The van der Waals surface area contributed by atoms with Crippen molar-refractivity contribution < 1.29 is 4.79 Å². The monoisotopic (exact) mass is 451 g/mol. The van der Waals surface area contributed by atoms with Gasteiger partial charge in [0.25, 0.3) is 0 Å². The Labute approximate surface area is 159 Å². The minimum Gasteiger partial charge on any atom is -0.355 e. The van der Waals surface area contributed by atoms with Gasteiger partial charge in [0.1, 0.15) is 5.01 Å². The van der Waals surface area contributed by atoms with E-state index in [0.29, 0.717) is 19.0 Å². The van der Waals surface area contributed by atoms with Crippen LogP contribution in [-0.2, 0) is 11.3 Å². The highest BCUT2D eigenvalue weighted by molar-refractivity contribution is 14.0. The number of hydrogen-bond acceptors (Lipinski definition) is 4. The maximum Gasteiger partial charge on any atom is 0.230 e. The normalized spacial score (nSPS) is 16.6. The van der Waals surface area contributed by atoms with E-state index in [1.54, 1.807) is 29.5 Å². The highest BCUT2D eigenvalue weighted by Gasteiger charge is 2.42. The summed E-state index contributed by atoms with van der Waals surface area (Å²) in [6, 6.07) is 0. The first-order valence-corrected chi connectivity index (χ1v) is 8.50. The Balaban J connectivity index is 0.00000264. The number of amides is 1. The first kappa shape index (κ1) is 20.1. The summed E-state index contributed by atoms with van der Waals surface area (Å²) in [4.78, 5) is 22.7. The number of aromatic nitrogens is 1. The third kappa shape index (κ3) is 5.30. The van der Waals surface area contributed by atoms with Gasteiger partial charge in [0.2, 0.25) is 5.91 Å². The van der Waals surface area contributed by atoms with Gasteiger partial charge >= 0.3 is 0 Å². The van der Waals surface area contributed by atoms with Gasteiger partial charge in [0.05, 0.1) is 12.0 Å². The van der Waals surface area contributed by atoms with Crippen LogP contribution in [-0.4, -0.2) is 49.4 Å². The fourth-order valence-electron chi connectivity index (χ4n) is 2.97. The molecule has 1 aromatic rings. The van der Waals surface area contributed by atoms with Crippen molar-refractivity contribution in [2.45, 2.75) is 32.2 Å². The summed E-state index contributed by atoms with van der Waals surface area (Å²) in [5.74, 6) is 0.931. The van der Waals surface area contributed by atoms with E-state index >= 15 is 0 Å². The van der Waals surface area contributed by atoms with Crippen LogP contribution in [0.25, 0.3) is 0 Å². The minimum absolute atomic E-state index is 0. The second-order valence-corrected chi connectivity index (χ2v) is 6.87. The Morgan fingerprint density at radius 1 is 1.39 bits per heavy atom. The quantitative estimate of drug-likeness (QED) is 0.409. The Morgan fingerprint density at radius 3 is 2.61 bits per heavy atom. The van der Waals surface area contributed by atoms with Crippen LogP contribution in [0.2, 0.25) is 0 Å². The lowest BCUT2D eigenvalue weighted by atomic mass is 9.84. The van der Waals surface area contributed by atoms with Crippen molar-refractivity contribution in [2.24, 2.45) is 10.4 Å². The zero-order chi connectivity index (χ0) is 16.0. The third-order valence-corrected chi connectivity index (χ3v) is 4.91. The van der Waals surface area contributed by atoms with E-state index in [1.165, 1.54) is 0 Å². The van der Waals surface area contributed by atoms with Crippen molar-refractivity contribution in [3.05, 3.63) is 16.6 Å². The van der Waals surface area contributed by atoms with E-state index in [0.717, 1.165) is 30.7 Å². The predicted octanol–water partition coefficient (Wildman–Crippen LogP) is 2.07. The number of nitrogens with zero attached hydrogens (tertiary/aromatic N) is 3. The molecule has 1 aliphatic carbocycles. The first-order valence-electron chi connectivity index (χ1n) is 7.62. The maximum absolute atomic E-state index is 12.5. The van der Waals surface area contributed by atoms with Gasteiger partial charge in [-0.15, -0.1) is 35.3 Å². The summed E-state index contributed by atoms with van der Waals surface area (Å²) < 4.78 is 0. The lowest BCUT2D eigenvalue weighted by Crippen LogP contribution is -2.49. The number of thiazole rings is 1. The molecule has 0 aliphatic heterocycles. The van der Waals surface area contributed by atoms with E-state index in [-0.39, 0.29) is 35.3 Å². The predicted molar refractivity (Wildman–Crippen MR) is 105 cm³/mol. The molecule has 23 heavy (non-hydrogen) atoms. The van der Waals surface area contributed by atoms with Gasteiger partial charge in [-0.3, -0.25) is 9.79 Å². The molecule has 0 bridgehead atoms. The SMILES string of the molecule is CN=C(NCc1nccs1)NCC1(C(=O)N(C)C)CCCC1.I. The molecular weight excluding hydrogens is 425 g/mol. The number of rotatable bonds is 5. The van der Waals surface area contributed by atoms with Crippen molar-refractivity contribution in [1.29, 1.82) is 0 Å². The van der Waals surface area contributed by atoms with E-state index in [4.69, 9.17) is 0 Å². The van der Waals surface area contributed by atoms with Crippen LogP contribution in [0.5, 0.6) is 0 Å². The Morgan fingerprint density at radius 2 is 2.09 bits per heavy atom. The van der Waals surface area contributed by atoms with E-state index in [2.05, 4.69) is 20.6 Å². The molecule has 1 aliphatic rings. The third-order valence-electron chi connectivity index (χ3n) is 4.13. The molecule has 0 atom stereocenters. The average Bonchev–Trinajstić information content (AvgIpc) is 3.18. The fraction of sp³-hybridized carbons (Fsp3) is 0.667. The molecular formula is C15H26IN5OS. The summed E-state index contributed by atoms with van der Waals surface area (Å²) in [5.41, 5.74) is -0.289. The van der Waals surface area contributed by atoms with E-state index < -0.39 is 0 Å². The van der Waals surface area contributed by atoms with Gasteiger partial charge in [-0.2, -0.15) is 0 Å². The van der Waals surface area contributed by atoms with Crippen molar-refractivity contribution in [3.63, 3.8) is 0 Å². The zero-order valence-electron chi connectivity index (χ0n) is 14.0. The molecule has 0 saturated heterocycles. The number of guanidine groups is 1. The molecule has 1 heterocycles. The topological polar surface area (TPSA) is 69.6 Å². The lowest BCUT2D eigenvalue weighted by molar-refractivity contribution is -0.138. The van der Waals surface area contributed by atoms with Gasteiger partial charge in [-0.25, -0.2) is 4.98 Å². The number of nitrogens with one attached hydrogen (secondary N) is 2. The van der Waals surface area contributed by atoms with Crippen LogP contribution >= 0.6 is 35.3 Å². The zero-order valence-corrected chi connectivity index (χ0v) is 17.1. The smallest absolute Gasteiger partial charge is 0.230 e. The molecule has 2 N–H and O–H groups in total. The molecule has 0 radical (unpaired) electrons. The average molecular weight is 451 g/mol. The fourth-order valence-corrected chi connectivity index (χ4v) is 3.52. The summed E-state index contributed by atoms with van der Waals surface area (Å²) in [6.45, 7) is 1.27. The molecule has 0 unspecified atom stereocenters. The minimum atomic E-state index is -0.289. The second-order valence-electron chi connectivity index (χ2n) is 5.89. The molecule has 2 rings (SSSR count). The van der Waals surface area contributed by atoms with Gasteiger partial charge in [-0.05, 0) is 12.8 Å². The Kier molecular flexibility index (Phi) is 8.24. The summed E-state index contributed by atoms with van der Waals surface area (Å²) in [6.07, 6.45) is 5.92. The van der Waals surface area contributed by atoms with Crippen LogP contribution in [0.1, 0.15) is 30.7 Å². The Hall–Kier alpha value is -0.900. The highest BCUT2D eigenvalue weighted by atomic mass is 127. The number of halogens is 1. The van der Waals surface area contributed by atoms with Crippen molar-refractivity contribution >= 4 is 47.2 Å². The summed E-state index contributed by atoms with van der Waals surface area (Å²) in [7, 11) is 5.40. The second kappa shape index (κ2) is 9.41. The lowest BCUT2D eigenvalue weighted by Gasteiger charge is -2.31. The number of aliphatic imine (C=N–C) groups is 1. The van der Waals surface area contributed by atoms with Crippen LogP contribution in [0, 0.1) is 5.41 Å². The summed E-state index contributed by atoms with van der Waals surface area (Å²) in [5, 5.41) is 9.53.